The summed E-state index contributed by atoms with van der Waals surface area (Å²) < 4.78 is 10.9. The van der Waals surface area contributed by atoms with Gasteiger partial charge in [-0.3, -0.25) is 4.79 Å². The molecule has 186 valence electrons. The van der Waals surface area contributed by atoms with E-state index in [-0.39, 0.29) is 19.2 Å². The van der Waals surface area contributed by atoms with E-state index in [1.807, 2.05) is 79.0 Å². The molecule has 4 aromatic rings. The van der Waals surface area contributed by atoms with Gasteiger partial charge in [0, 0.05) is 30.2 Å². The predicted octanol–water partition coefficient (Wildman–Crippen LogP) is 5.06. The summed E-state index contributed by atoms with van der Waals surface area (Å²) in [6.07, 6.45) is 2.65. The first-order valence-corrected chi connectivity index (χ1v) is 12.1. The average Bonchev–Trinajstić information content (AvgIpc) is 3.32. The van der Waals surface area contributed by atoms with Gasteiger partial charge >= 0.3 is 12.0 Å². The zero-order chi connectivity index (χ0) is 25.2. The van der Waals surface area contributed by atoms with Gasteiger partial charge in [0.25, 0.3) is 0 Å². The lowest BCUT2D eigenvalue weighted by molar-refractivity contribution is -0.141. The Labute approximate surface area is 211 Å². The van der Waals surface area contributed by atoms with Crippen LogP contribution in [0.5, 0.6) is 5.75 Å². The monoisotopic (exact) mass is 485 g/mol. The maximum atomic E-state index is 13.0. The number of benzene rings is 3. The van der Waals surface area contributed by atoms with E-state index >= 15 is 0 Å². The van der Waals surface area contributed by atoms with Gasteiger partial charge in [-0.15, -0.1) is 0 Å². The number of aromatic nitrogens is 1. The largest absolute Gasteiger partial charge is 0.489 e. The van der Waals surface area contributed by atoms with E-state index in [9.17, 15) is 9.59 Å². The summed E-state index contributed by atoms with van der Waals surface area (Å²) >= 11 is 0. The summed E-state index contributed by atoms with van der Waals surface area (Å²) in [5.41, 5.74) is 4.22. The number of para-hydroxylation sites is 1. The molecule has 0 aliphatic rings. The van der Waals surface area contributed by atoms with Crippen molar-refractivity contribution in [1.82, 2.24) is 15.2 Å². The SMILES string of the molecule is CCOC(=O)CNC(=O)N(CCc1c[nH]c2ccccc12)Cc1cccc(OCc2ccccc2)c1. The van der Waals surface area contributed by atoms with Crippen molar-refractivity contribution in [3.05, 3.63) is 102 Å². The first-order chi connectivity index (χ1) is 17.6. The Balaban J connectivity index is 1.44. The van der Waals surface area contributed by atoms with Crippen LogP contribution in [0.15, 0.2) is 85.1 Å². The Bertz CT molecular complexity index is 1290. The van der Waals surface area contributed by atoms with Gasteiger partial charge in [0.2, 0.25) is 0 Å². The molecule has 2 amide bonds. The second kappa shape index (κ2) is 12.4. The summed E-state index contributed by atoms with van der Waals surface area (Å²) in [6.45, 7) is 3.16. The number of hydrogen-bond donors (Lipinski definition) is 2. The highest BCUT2D eigenvalue weighted by molar-refractivity contribution is 5.83. The molecule has 0 fully saturated rings. The van der Waals surface area contributed by atoms with Crippen LogP contribution in [0.4, 0.5) is 4.79 Å². The molecule has 0 bridgehead atoms. The smallest absolute Gasteiger partial charge is 0.325 e. The fourth-order valence-electron chi connectivity index (χ4n) is 4.01. The van der Waals surface area contributed by atoms with Crippen LogP contribution in [0, 0.1) is 0 Å². The summed E-state index contributed by atoms with van der Waals surface area (Å²) in [6, 6.07) is 25.5. The number of carbonyl (C=O) groups is 2. The lowest BCUT2D eigenvalue weighted by Crippen LogP contribution is -2.42. The van der Waals surface area contributed by atoms with E-state index < -0.39 is 5.97 Å². The molecule has 4 rings (SSSR count). The number of amides is 2. The Morgan fingerprint density at radius 1 is 0.944 bits per heavy atom. The number of carbonyl (C=O) groups excluding carboxylic acids is 2. The van der Waals surface area contributed by atoms with E-state index in [1.54, 1.807) is 11.8 Å². The summed E-state index contributed by atoms with van der Waals surface area (Å²) in [5, 5.41) is 3.83. The minimum atomic E-state index is -0.460. The fraction of sp³-hybridized carbons (Fsp3) is 0.241. The molecule has 0 unspecified atom stereocenters. The highest BCUT2D eigenvalue weighted by atomic mass is 16.5. The number of nitrogens with one attached hydrogen (secondary N) is 2. The number of urea groups is 1. The molecule has 0 spiro atoms. The van der Waals surface area contributed by atoms with Gasteiger partial charge in [-0.05, 0) is 48.2 Å². The molecule has 3 aromatic carbocycles. The van der Waals surface area contributed by atoms with Gasteiger partial charge in [-0.1, -0.05) is 60.7 Å². The Kier molecular flexibility index (Phi) is 8.59. The van der Waals surface area contributed by atoms with Crippen molar-refractivity contribution < 1.29 is 19.1 Å². The van der Waals surface area contributed by atoms with Crippen LogP contribution in [0.25, 0.3) is 10.9 Å². The first-order valence-electron chi connectivity index (χ1n) is 12.1. The summed E-state index contributed by atoms with van der Waals surface area (Å²) in [4.78, 5) is 29.8. The fourth-order valence-corrected chi connectivity index (χ4v) is 4.01. The minimum Gasteiger partial charge on any atom is -0.489 e. The number of fused-ring (bicyclic) bond motifs is 1. The van der Waals surface area contributed by atoms with Crippen molar-refractivity contribution in [1.29, 1.82) is 0 Å². The summed E-state index contributed by atoms with van der Waals surface area (Å²) in [7, 11) is 0. The van der Waals surface area contributed by atoms with Crippen molar-refractivity contribution in [2.24, 2.45) is 0 Å². The molecule has 2 N–H and O–H groups in total. The number of H-pyrrole nitrogens is 1. The van der Waals surface area contributed by atoms with Gasteiger partial charge in [0.05, 0.1) is 6.61 Å². The molecule has 0 atom stereocenters. The molecule has 0 saturated carbocycles. The molecule has 7 nitrogen and oxygen atoms in total. The third kappa shape index (κ3) is 6.88. The predicted molar refractivity (Wildman–Crippen MR) is 140 cm³/mol. The summed E-state index contributed by atoms with van der Waals surface area (Å²) in [5.74, 6) is 0.276. The molecule has 1 heterocycles. The van der Waals surface area contributed by atoms with Gasteiger partial charge in [-0.2, -0.15) is 0 Å². The number of rotatable bonds is 11. The van der Waals surface area contributed by atoms with Crippen molar-refractivity contribution in [2.75, 3.05) is 19.7 Å². The number of nitrogens with zero attached hydrogens (tertiary/aromatic N) is 1. The number of aromatic amines is 1. The van der Waals surface area contributed by atoms with Crippen LogP contribution >= 0.6 is 0 Å². The first kappa shape index (κ1) is 24.9. The standard InChI is InChI=1S/C29H31N3O4/c1-2-35-28(33)19-31-29(34)32(16-15-24-18-30-27-14-7-6-13-26(24)27)20-23-11-8-12-25(17-23)36-21-22-9-4-3-5-10-22/h3-14,17-18,30H,2,15-16,19-21H2,1H3,(H,31,34). The molecule has 0 radical (unpaired) electrons. The highest BCUT2D eigenvalue weighted by Crippen LogP contribution is 2.20. The zero-order valence-corrected chi connectivity index (χ0v) is 20.4. The molecular weight excluding hydrogens is 454 g/mol. The van der Waals surface area contributed by atoms with Crippen LogP contribution in [-0.4, -0.2) is 41.6 Å². The van der Waals surface area contributed by atoms with Gasteiger partial charge < -0.3 is 24.7 Å². The van der Waals surface area contributed by atoms with Gasteiger partial charge in [-0.25, -0.2) is 4.79 Å². The zero-order valence-electron chi connectivity index (χ0n) is 20.4. The Hall–Kier alpha value is -4.26. The van der Waals surface area contributed by atoms with Crippen molar-refractivity contribution in [3.63, 3.8) is 0 Å². The van der Waals surface area contributed by atoms with Crippen LogP contribution in [-0.2, 0) is 29.1 Å². The van der Waals surface area contributed by atoms with Crippen LogP contribution in [0.3, 0.4) is 0 Å². The van der Waals surface area contributed by atoms with E-state index in [1.165, 1.54) is 0 Å². The second-order valence-corrected chi connectivity index (χ2v) is 8.42. The van der Waals surface area contributed by atoms with E-state index in [0.717, 1.165) is 33.3 Å². The Morgan fingerprint density at radius 2 is 1.72 bits per heavy atom. The average molecular weight is 486 g/mol. The van der Waals surface area contributed by atoms with Crippen LogP contribution < -0.4 is 10.1 Å². The topological polar surface area (TPSA) is 83.7 Å². The second-order valence-electron chi connectivity index (χ2n) is 8.42. The van der Waals surface area contributed by atoms with Crippen LogP contribution in [0.2, 0.25) is 0 Å². The van der Waals surface area contributed by atoms with Gasteiger partial charge in [0.15, 0.2) is 0 Å². The molecule has 0 saturated heterocycles. The van der Waals surface area contributed by atoms with Crippen molar-refractivity contribution in [3.8, 4) is 5.75 Å². The maximum Gasteiger partial charge on any atom is 0.325 e. The molecule has 7 heteroatoms. The Morgan fingerprint density at radius 3 is 2.56 bits per heavy atom. The number of hydrogen-bond acceptors (Lipinski definition) is 4. The minimum absolute atomic E-state index is 0.170. The van der Waals surface area contributed by atoms with Crippen molar-refractivity contribution in [2.45, 2.75) is 26.5 Å². The van der Waals surface area contributed by atoms with E-state index in [0.29, 0.717) is 26.1 Å². The number of esters is 1. The maximum absolute atomic E-state index is 13.0. The van der Waals surface area contributed by atoms with Crippen molar-refractivity contribution >= 4 is 22.9 Å². The van der Waals surface area contributed by atoms with E-state index in [4.69, 9.17) is 9.47 Å². The lowest BCUT2D eigenvalue weighted by atomic mass is 10.1. The molecule has 1 aromatic heterocycles. The molecule has 0 aliphatic heterocycles. The normalized spacial score (nSPS) is 10.7. The van der Waals surface area contributed by atoms with E-state index in [2.05, 4.69) is 16.4 Å². The molecule has 36 heavy (non-hydrogen) atoms. The molecule has 0 aliphatic carbocycles. The third-order valence-corrected chi connectivity index (χ3v) is 5.82. The van der Waals surface area contributed by atoms with Crippen LogP contribution in [0.1, 0.15) is 23.6 Å². The third-order valence-electron chi connectivity index (χ3n) is 5.82. The number of ether oxygens (including phenoxy) is 2. The highest BCUT2D eigenvalue weighted by Gasteiger charge is 2.17. The quantitative estimate of drug-likeness (QED) is 0.291. The lowest BCUT2D eigenvalue weighted by Gasteiger charge is -2.23. The van der Waals surface area contributed by atoms with Gasteiger partial charge in [0.1, 0.15) is 18.9 Å². The molecular formula is C29H31N3O4.